The van der Waals surface area contributed by atoms with Gasteiger partial charge >= 0.3 is 17.7 Å². The molecule has 0 aromatic heterocycles. The molecule has 0 heterocycles. The van der Waals surface area contributed by atoms with Gasteiger partial charge in [-0.05, 0) is 6.92 Å². The zero-order valence-electron chi connectivity index (χ0n) is 7.44. The first-order valence-corrected chi connectivity index (χ1v) is 3.63. The van der Waals surface area contributed by atoms with Crippen LogP contribution in [0.25, 0.3) is 5.53 Å². The van der Waals surface area contributed by atoms with E-state index in [-0.39, 0.29) is 12.3 Å². The Hall–Kier alpha value is -1.68. The van der Waals surface area contributed by atoms with Crippen LogP contribution in [0.1, 0.15) is 13.8 Å². The average molecular weight is 186 g/mol. The van der Waals surface area contributed by atoms with Gasteiger partial charge < -0.3 is 15.0 Å². The van der Waals surface area contributed by atoms with Crippen LogP contribution in [0.4, 0.5) is 0 Å². The first-order valence-electron chi connectivity index (χ1n) is 3.63. The van der Waals surface area contributed by atoms with E-state index in [1.807, 2.05) is 0 Å². The summed E-state index contributed by atoms with van der Waals surface area (Å²) in [5, 5.41) is 0. The second-order valence-electron chi connectivity index (χ2n) is 2.07. The number of rotatable bonds is 4. The van der Waals surface area contributed by atoms with Gasteiger partial charge in [-0.15, -0.1) is 0 Å². The van der Waals surface area contributed by atoms with Gasteiger partial charge in [0.1, 0.15) is 0 Å². The topological polar surface area (TPSA) is 89.0 Å². The molecule has 0 aromatic carbocycles. The van der Waals surface area contributed by atoms with Crippen LogP contribution in [0.3, 0.4) is 0 Å². The van der Waals surface area contributed by atoms with Gasteiger partial charge in [-0.2, -0.15) is 4.79 Å². The second-order valence-corrected chi connectivity index (χ2v) is 2.07. The largest absolute Gasteiger partial charge is 0.463 e. The Morgan fingerprint density at radius 1 is 1.38 bits per heavy atom. The van der Waals surface area contributed by atoms with Gasteiger partial charge in [-0.3, -0.25) is 0 Å². The maximum atomic E-state index is 10.8. The van der Waals surface area contributed by atoms with E-state index in [9.17, 15) is 9.59 Å². The van der Waals surface area contributed by atoms with Crippen LogP contribution >= 0.6 is 0 Å². The zero-order chi connectivity index (χ0) is 10.3. The average Bonchev–Trinajstić information content (AvgIpc) is 2.13. The minimum Gasteiger partial charge on any atom is -0.463 e. The van der Waals surface area contributed by atoms with E-state index in [0.29, 0.717) is 0 Å². The Morgan fingerprint density at radius 3 is 2.46 bits per heavy atom. The third-order valence-electron chi connectivity index (χ3n) is 1.07. The number of esters is 2. The zero-order valence-corrected chi connectivity index (χ0v) is 7.44. The number of carbonyl (C=O) groups excluding carboxylic acids is 2. The summed E-state index contributed by atoms with van der Waals surface area (Å²) in [4.78, 5) is 24.0. The Kier molecular flexibility index (Phi) is 5.14. The summed E-state index contributed by atoms with van der Waals surface area (Å²) in [7, 11) is 0. The number of ether oxygens (including phenoxy) is 2. The van der Waals surface area contributed by atoms with E-state index in [2.05, 4.69) is 14.3 Å². The molecule has 0 aromatic rings. The predicted octanol–water partition coefficient (Wildman–Crippen LogP) is -0.217. The molecule has 6 heteroatoms. The summed E-state index contributed by atoms with van der Waals surface area (Å²) in [6.45, 7) is 2.65. The lowest BCUT2D eigenvalue weighted by Gasteiger charge is -2.00. The maximum absolute atomic E-state index is 10.8. The fraction of sp³-hybridized carbons (Fsp3) is 0.571. The van der Waals surface area contributed by atoms with Crippen LogP contribution in [0.15, 0.2) is 0 Å². The SMILES string of the molecule is CCOC(=O)COC(=O)C(C)=[N+]=[N-]. The molecule has 0 rings (SSSR count). The van der Waals surface area contributed by atoms with Crippen LogP contribution in [-0.4, -0.2) is 35.7 Å². The van der Waals surface area contributed by atoms with Crippen molar-refractivity contribution < 1.29 is 23.9 Å². The van der Waals surface area contributed by atoms with Crippen LogP contribution in [0.2, 0.25) is 0 Å². The van der Waals surface area contributed by atoms with E-state index in [4.69, 9.17) is 5.53 Å². The third-order valence-corrected chi connectivity index (χ3v) is 1.07. The van der Waals surface area contributed by atoms with Crippen LogP contribution < -0.4 is 0 Å². The highest BCUT2D eigenvalue weighted by Crippen LogP contribution is 1.84. The molecule has 0 amide bonds. The highest BCUT2D eigenvalue weighted by molar-refractivity contribution is 6.32. The third kappa shape index (κ3) is 4.71. The van der Waals surface area contributed by atoms with Gasteiger partial charge in [-0.1, -0.05) is 0 Å². The van der Waals surface area contributed by atoms with Gasteiger partial charge in [0, 0.05) is 6.92 Å². The Bertz CT molecular complexity index is 255. The van der Waals surface area contributed by atoms with E-state index >= 15 is 0 Å². The molecule has 0 saturated heterocycles. The smallest absolute Gasteiger partial charge is 0.417 e. The molecule has 0 radical (unpaired) electrons. The summed E-state index contributed by atoms with van der Waals surface area (Å²) in [6, 6.07) is 0. The molecule has 0 bridgehead atoms. The quantitative estimate of drug-likeness (QED) is 0.263. The van der Waals surface area contributed by atoms with E-state index < -0.39 is 18.5 Å². The second kappa shape index (κ2) is 5.91. The summed E-state index contributed by atoms with van der Waals surface area (Å²) >= 11 is 0. The molecule has 0 fully saturated rings. The highest BCUT2D eigenvalue weighted by atomic mass is 16.6. The Balaban J connectivity index is 3.83. The number of hydrogen-bond donors (Lipinski definition) is 0. The fourth-order valence-electron chi connectivity index (χ4n) is 0.472. The minimum absolute atomic E-state index is 0.218. The molecule has 0 aliphatic carbocycles. The van der Waals surface area contributed by atoms with Gasteiger partial charge in [0.2, 0.25) is 0 Å². The summed E-state index contributed by atoms with van der Waals surface area (Å²) in [5.74, 6) is -1.49. The van der Waals surface area contributed by atoms with Crippen molar-refractivity contribution >= 4 is 17.7 Å². The predicted molar refractivity (Wildman–Crippen MR) is 41.9 cm³/mol. The van der Waals surface area contributed by atoms with Crippen molar-refractivity contribution in [3.63, 3.8) is 0 Å². The van der Waals surface area contributed by atoms with Crippen LogP contribution in [0, 0.1) is 0 Å². The first kappa shape index (κ1) is 11.3. The van der Waals surface area contributed by atoms with Crippen molar-refractivity contribution in [2.75, 3.05) is 13.2 Å². The van der Waals surface area contributed by atoms with Crippen molar-refractivity contribution in [1.82, 2.24) is 0 Å². The number of nitrogens with zero attached hydrogens (tertiary/aromatic N) is 2. The lowest BCUT2D eigenvalue weighted by Crippen LogP contribution is -2.21. The monoisotopic (exact) mass is 186 g/mol. The molecule has 72 valence electrons. The molecule has 0 N–H and O–H groups in total. The van der Waals surface area contributed by atoms with Crippen molar-refractivity contribution in [3.8, 4) is 0 Å². The molecule has 0 unspecified atom stereocenters. The van der Waals surface area contributed by atoms with Gasteiger partial charge in [0.25, 0.3) is 0 Å². The number of hydrogen-bond acceptors (Lipinski definition) is 4. The molecule has 0 aliphatic rings. The van der Waals surface area contributed by atoms with Crippen molar-refractivity contribution in [2.24, 2.45) is 0 Å². The maximum Gasteiger partial charge on any atom is 0.417 e. The molecule has 0 spiro atoms. The summed E-state index contributed by atoms with van der Waals surface area (Å²) < 4.78 is 8.89. The lowest BCUT2D eigenvalue weighted by atomic mass is 10.4. The van der Waals surface area contributed by atoms with Crippen LogP contribution in [-0.2, 0) is 19.1 Å². The van der Waals surface area contributed by atoms with Crippen molar-refractivity contribution in [1.29, 1.82) is 0 Å². The minimum atomic E-state index is -0.851. The van der Waals surface area contributed by atoms with E-state index in [0.717, 1.165) is 0 Å². The number of carbonyl (C=O) groups is 2. The highest BCUT2D eigenvalue weighted by Gasteiger charge is 2.16. The van der Waals surface area contributed by atoms with Gasteiger partial charge in [-0.25, -0.2) is 9.59 Å². The lowest BCUT2D eigenvalue weighted by molar-refractivity contribution is -0.156. The van der Waals surface area contributed by atoms with Gasteiger partial charge in [0.05, 0.1) is 6.61 Å². The molecular formula is C7H10N2O4. The van der Waals surface area contributed by atoms with Gasteiger partial charge in [0.15, 0.2) is 6.61 Å². The standard InChI is InChI=1S/C7H10N2O4/c1-3-12-6(10)4-13-7(11)5(2)9-8/h3-4H2,1-2H3. The van der Waals surface area contributed by atoms with E-state index in [1.54, 1.807) is 6.92 Å². The molecule has 6 nitrogen and oxygen atoms in total. The Labute approximate surface area is 75.1 Å². The van der Waals surface area contributed by atoms with Crippen LogP contribution in [0.5, 0.6) is 0 Å². The summed E-state index contributed by atoms with van der Waals surface area (Å²) in [6.07, 6.45) is 0. The molecule has 0 atom stereocenters. The Morgan fingerprint density at radius 2 is 2.00 bits per heavy atom. The molecule has 0 aliphatic heterocycles. The summed E-state index contributed by atoms with van der Waals surface area (Å²) in [5.41, 5.74) is 7.93. The molecule has 0 saturated carbocycles. The van der Waals surface area contributed by atoms with E-state index in [1.165, 1.54) is 6.92 Å². The molecular weight excluding hydrogens is 176 g/mol. The fourth-order valence-corrected chi connectivity index (χ4v) is 0.472. The normalized spacial score (nSPS) is 8.46. The molecule has 13 heavy (non-hydrogen) atoms. The first-order chi connectivity index (χ1) is 6.11. The van der Waals surface area contributed by atoms with Crippen molar-refractivity contribution in [3.05, 3.63) is 5.53 Å². The van der Waals surface area contributed by atoms with Crippen molar-refractivity contribution in [2.45, 2.75) is 13.8 Å².